The zero-order valence-electron chi connectivity index (χ0n) is 13.5. The van der Waals surface area contributed by atoms with E-state index in [1.54, 1.807) is 0 Å². The molecule has 128 valence electrons. The van der Waals surface area contributed by atoms with Crippen LogP contribution in [0.3, 0.4) is 0 Å². The molecule has 24 heavy (non-hydrogen) atoms. The lowest BCUT2D eigenvalue weighted by atomic mass is 10.2. The van der Waals surface area contributed by atoms with Gasteiger partial charge in [0.2, 0.25) is 0 Å². The average Bonchev–Trinajstić information content (AvgIpc) is 3.26. The molecule has 0 bridgehead atoms. The first-order valence-electron chi connectivity index (χ1n) is 8.09. The molecule has 1 aromatic carbocycles. The number of thiophene rings is 1. The molecule has 2 amide bonds. The lowest BCUT2D eigenvalue weighted by Crippen LogP contribution is -2.30. The third-order valence-corrected chi connectivity index (χ3v) is 5.29. The Labute approximate surface area is 151 Å². The Bertz CT molecular complexity index is 700. The molecule has 2 N–H and O–H groups in total. The largest absolute Gasteiger partial charge is 0.376 e. The Morgan fingerprint density at radius 2 is 2.21 bits per heavy atom. The SMILES string of the molecule is CC(NC(=O)Nc1cccc(COCC2CC2)c1)c1ccc(Cl)s1. The Morgan fingerprint density at radius 3 is 2.92 bits per heavy atom. The van der Waals surface area contributed by atoms with E-state index in [-0.39, 0.29) is 12.1 Å². The van der Waals surface area contributed by atoms with Crippen molar-refractivity contribution in [3.8, 4) is 0 Å². The maximum atomic E-state index is 12.1. The second-order valence-electron chi connectivity index (χ2n) is 6.12. The first-order valence-corrected chi connectivity index (χ1v) is 9.29. The minimum absolute atomic E-state index is 0.0902. The maximum Gasteiger partial charge on any atom is 0.319 e. The smallest absolute Gasteiger partial charge is 0.319 e. The fourth-order valence-corrected chi connectivity index (χ4v) is 3.43. The second-order valence-corrected chi connectivity index (χ2v) is 7.87. The molecule has 0 aliphatic heterocycles. The Balaban J connectivity index is 1.49. The van der Waals surface area contributed by atoms with Crippen LogP contribution in [-0.2, 0) is 11.3 Å². The van der Waals surface area contributed by atoms with E-state index >= 15 is 0 Å². The highest BCUT2D eigenvalue weighted by Gasteiger charge is 2.21. The van der Waals surface area contributed by atoms with Crippen LogP contribution in [0, 0.1) is 5.92 Å². The number of carbonyl (C=O) groups excluding carboxylic acids is 1. The van der Waals surface area contributed by atoms with Crippen molar-refractivity contribution >= 4 is 34.7 Å². The van der Waals surface area contributed by atoms with Gasteiger partial charge in [0, 0.05) is 17.2 Å². The number of carbonyl (C=O) groups is 1. The predicted octanol–water partition coefficient (Wildman–Crippen LogP) is 5.21. The van der Waals surface area contributed by atoms with E-state index in [1.165, 1.54) is 24.2 Å². The zero-order valence-corrected chi connectivity index (χ0v) is 15.1. The summed E-state index contributed by atoms with van der Waals surface area (Å²) in [5.74, 6) is 0.754. The van der Waals surface area contributed by atoms with Gasteiger partial charge in [-0.05, 0) is 55.5 Å². The molecule has 1 unspecified atom stereocenters. The van der Waals surface area contributed by atoms with Crippen LogP contribution in [-0.4, -0.2) is 12.6 Å². The van der Waals surface area contributed by atoms with Gasteiger partial charge in [-0.2, -0.15) is 0 Å². The maximum absolute atomic E-state index is 12.1. The number of anilines is 1. The van der Waals surface area contributed by atoms with Crippen molar-refractivity contribution in [2.75, 3.05) is 11.9 Å². The Kier molecular flexibility index (Phi) is 5.76. The quantitative estimate of drug-likeness (QED) is 0.708. The molecule has 1 aliphatic carbocycles. The highest BCUT2D eigenvalue weighted by Crippen LogP contribution is 2.29. The van der Waals surface area contributed by atoms with Crippen LogP contribution in [0.2, 0.25) is 4.34 Å². The van der Waals surface area contributed by atoms with Crippen molar-refractivity contribution < 1.29 is 9.53 Å². The van der Waals surface area contributed by atoms with E-state index in [0.29, 0.717) is 6.61 Å². The summed E-state index contributed by atoms with van der Waals surface area (Å²) in [5, 5.41) is 5.78. The molecule has 0 spiro atoms. The molecule has 1 heterocycles. The number of halogens is 1. The Hall–Kier alpha value is -1.56. The van der Waals surface area contributed by atoms with E-state index in [1.807, 2.05) is 43.3 Å². The zero-order chi connectivity index (χ0) is 16.9. The average molecular weight is 365 g/mol. The van der Waals surface area contributed by atoms with Gasteiger partial charge in [0.15, 0.2) is 0 Å². The monoisotopic (exact) mass is 364 g/mol. The molecule has 3 rings (SSSR count). The minimum Gasteiger partial charge on any atom is -0.376 e. The molecule has 0 radical (unpaired) electrons. The molecule has 1 fully saturated rings. The highest BCUT2D eigenvalue weighted by molar-refractivity contribution is 7.16. The van der Waals surface area contributed by atoms with Crippen molar-refractivity contribution in [3.05, 3.63) is 51.2 Å². The van der Waals surface area contributed by atoms with E-state index in [4.69, 9.17) is 16.3 Å². The van der Waals surface area contributed by atoms with Gasteiger partial charge in [-0.1, -0.05) is 23.7 Å². The first kappa shape index (κ1) is 17.3. The van der Waals surface area contributed by atoms with E-state index in [9.17, 15) is 4.79 Å². The normalized spacial score (nSPS) is 15.1. The van der Waals surface area contributed by atoms with Crippen LogP contribution in [0.25, 0.3) is 0 Å². The number of amides is 2. The number of ether oxygens (including phenoxy) is 1. The fraction of sp³-hybridized carbons (Fsp3) is 0.389. The molecule has 1 aliphatic rings. The molecular formula is C18H21ClN2O2S. The summed E-state index contributed by atoms with van der Waals surface area (Å²) >= 11 is 7.40. The summed E-state index contributed by atoms with van der Waals surface area (Å²) in [6, 6.07) is 11.2. The number of benzene rings is 1. The summed E-state index contributed by atoms with van der Waals surface area (Å²) in [6.07, 6.45) is 2.57. The molecule has 2 aromatic rings. The van der Waals surface area contributed by atoms with E-state index in [0.717, 1.165) is 33.0 Å². The van der Waals surface area contributed by atoms with Gasteiger partial charge in [-0.25, -0.2) is 4.79 Å². The van der Waals surface area contributed by atoms with Crippen LogP contribution >= 0.6 is 22.9 Å². The summed E-state index contributed by atoms with van der Waals surface area (Å²) in [6.45, 7) is 3.35. The van der Waals surface area contributed by atoms with Gasteiger partial charge < -0.3 is 15.4 Å². The lowest BCUT2D eigenvalue weighted by molar-refractivity contribution is 0.111. The first-order chi connectivity index (χ1) is 11.6. The minimum atomic E-state index is -0.233. The molecule has 0 saturated heterocycles. The molecule has 1 atom stereocenters. The van der Waals surface area contributed by atoms with Gasteiger partial charge in [-0.3, -0.25) is 0 Å². The third kappa shape index (κ3) is 5.23. The highest BCUT2D eigenvalue weighted by atomic mass is 35.5. The van der Waals surface area contributed by atoms with E-state index in [2.05, 4.69) is 10.6 Å². The standard InChI is InChI=1S/C18H21ClN2O2S/c1-12(16-7-8-17(19)24-16)20-18(22)21-15-4-2-3-14(9-15)11-23-10-13-5-6-13/h2-4,7-9,12-13H,5-6,10-11H2,1H3,(H2,20,21,22). The van der Waals surface area contributed by atoms with Gasteiger partial charge in [0.05, 0.1) is 17.0 Å². The molecular weight excluding hydrogens is 344 g/mol. The second kappa shape index (κ2) is 8.01. The third-order valence-electron chi connectivity index (χ3n) is 3.87. The molecule has 1 saturated carbocycles. The lowest BCUT2D eigenvalue weighted by Gasteiger charge is -2.14. The van der Waals surface area contributed by atoms with Crippen molar-refractivity contribution in [3.63, 3.8) is 0 Å². The fourth-order valence-electron chi connectivity index (χ4n) is 2.36. The van der Waals surface area contributed by atoms with Crippen molar-refractivity contribution in [1.82, 2.24) is 5.32 Å². The van der Waals surface area contributed by atoms with Gasteiger partial charge in [0.25, 0.3) is 0 Å². The van der Waals surface area contributed by atoms with Crippen molar-refractivity contribution in [2.24, 2.45) is 5.92 Å². The van der Waals surface area contributed by atoms with Crippen molar-refractivity contribution in [1.29, 1.82) is 0 Å². The summed E-state index contributed by atoms with van der Waals surface area (Å²) in [4.78, 5) is 13.2. The van der Waals surface area contributed by atoms with Crippen molar-refractivity contribution in [2.45, 2.75) is 32.4 Å². The van der Waals surface area contributed by atoms with Gasteiger partial charge in [0.1, 0.15) is 0 Å². The predicted molar refractivity (Wildman–Crippen MR) is 98.7 cm³/mol. The number of nitrogens with one attached hydrogen (secondary N) is 2. The molecule has 1 aromatic heterocycles. The van der Waals surface area contributed by atoms with Crippen LogP contribution < -0.4 is 10.6 Å². The summed E-state index contributed by atoms with van der Waals surface area (Å²) in [5.41, 5.74) is 1.82. The summed E-state index contributed by atoms with van der Waals surface area (Å²) < 4.78 is 6.41. The van der Waals surface area contributed by atoms with Gasteiger partial charge in [-0.15, -0.1) is 11.3 Å². The van der Waals surface area contributed by atoms with Crippen LogP contribution in [0.5, 0.6) is 0 Å². The number of urea groups is 1. The Morgan fingerprint density at radius 1 is 1.38 bits per heavy atom. The topological polar surface area (TPSA) is 50.4 Å². The van der Waals surface area contributed by atoms with Crippen LogP contribution in [0.4, 0.5) is 10.5 Å². The number of hydrogen-bond acceptors (Lipinski definition) is 3. The molecule has 6 heteroatoms. The van der Waals surface area contributed by atoms with Gasteiger partial charge >= 0.3 is 6.03 Å². The molecule has 4 nitrogen and oxygen atoms in total. The number of rotatable bonds is 7. The summed E-state index contributed by atoms with van der Waals surface area (Å²) in [7, 11) is 0. The van der Waals surface area contributed by atoms with Crippen LogP contribution in [0.1, 0.15) is 36.2 Å². The van der Waals surface area contributed by atoms with Crippen LogP contribution in [0.15, 0.2) is 36.4 Å². The van der Waals surface area contributed by atoms with E-state index < -0.39 is 0 Å². The number of hydrogen-bond donors (Lipinski definition) is 2.